The van der Waals surface area contributed by atoms with Gasteiger partial charge in [-0.05, 0) is 61.4 Å². The van der Waals surface area contributed by atoms with E-state index in [1.54, 1.807) is 18.5 Å². The van der Waals surface area contributed by atoms with Crippen molar-refractivity contribution in [2.24, 2.45) is 5.92 Å². The first-order chi connectivity index (χ1) is 12.8. The van der Waals surface area contributed by atoms with Crippen molar-refractivity contribution in [2.45, 2.75) is 25.7 Å². The van der Waals surface area contributed by atoms with Crippen LogP contribution in [0.25, 0.3) is 10.9 Å². The molecule has 0 bridgehead atoms. The molecule has 0 N–H and O–H groups in total. The van der Waals surface area contributed by atoms with Gasteiger partial charge >= 0.3 is 0 Å². The van der Waals surface area contributed by atoms with Gasteiger partial charge in [0.05, 0.1) is 5.52 Å². The second-order valence-corrected chi connectivity index (χ2v) is 6.90. The third-order valence-electron chi connectivity index (χ3n) is 5.08. The lowest BCUT2D eigenvalue weighted by molar-refractivity contribution is 0.0747. The van der Waals surface area contributed by atoms with Crippen LogP contribution in [0.15, 0.2) is 55.0 Å². The number of carbonyl (C=O) groups is 1. The fourth-order valence-electron chi connectivity index (χ4n) is 3.71. The van der Waals surface area contributed by atoms with Crippen molar-refractivity contribution in [1.29, 1.82) is 0 Å². The predicted octanol–water partition coefficient (Wildman–Crippen LogP) is 3.51. The number of likely N-dealkylation sites (tertiary alicyclic amines) is 1. The van der Waals surface area contributed by atoms with Crippen molar-refractivity contribution >= 4 is 16.8 Å². The van der Waals surface area contributed by atoms with Gasteiger partial charge in [0.15, 0.2) is 0 Å². The Morgan fingerprint density at radius 2 is 1.85 bits per heavy atom. The van der Waals surface area contributed by atoms with Crippen molar-refractivity contribution < 1.29 is 4.79 Å². The molecule has 1 aliphatic rings. The maximum Gasteiger partial charge on any atom is 0.291 e. The van der Waals surface area contributed by atoms with Gasteiger partial charge in [-0.3, -0.25) is 9.78 Å². The number of hydrogen-bond donors (Lipinski definition) is 0. The van der Waals surface area contributed by atoms with Crippen LogP contribution < -0.4 is 0 Å². The van der Waals surface area contributed by atoms with Gasteiger partial charge in [0.1, 0.15) is 0 Å². The fourth-order valence-corrected chi connectivity index (χ4v) is 3.71. The Balaban J connectivity index is 1.41. The van der Waals surface area contributed by atoms with Crippen molar-refractivity contribution in [3.05, 3.63) is 66.4 Å². The molecule has 1 aromatic carbocycles. The molecule has 5 heteroatoms. The summed E-state index contributed by atoms with van der Waals surface area (Å²) in [5.41, 5.74) is 2.39. The first-order valence-electron chi connectivity index (χ1n) is 9.19. The lowest BCUT2D eigenvalue weighted by Crippen LogP contribution is -2.33. The van der Waals surface area contributed by atoms with Crippen molar-refractivity contribution in [1.82, 2.24) is 19.9 Å². The molecular weight excluding hydrogens is 324 g/mol. The maximum atomic E-state index is 12.6. The molecule has 1 atom stereocenters. The van der Waals surface area contributed by atoms with Crippen LogP contribution >= 0.6 is 0 Å². The molecule has 0 spiro atoms. The summed E-state index contributed by atoms with van der Waals surface area (Å²) in [7, 11) is 0. The van der Waals surface area contributed by atoms with Crippen molar-refractivity contribution in [2.75, 3.05) is 13.1 Å². The summed E-state index contributed by atoms with van der Waals surface area (Å²) in [6, 6.07) is 12.3. The Kier molecular flexibility index (Phi) is 4.86. The summed E-state index contributed by atoms with van der Waals surface area (Å²) in [6.45, 7) is 1.56. The molecule has 1 fully saturated rings. The van der Waals surface area contributed by atoms with Crippen LogP contribution in [0.1, 0.15) is 35.4 Å². The monoisotopic (exact) mass is 346 g/mol. The minimum absolute atomic E-state index is 0.0528. The Bertz CT molecular complexity index is 897. The van der Waals surface area contributed by atoms with Crippen molar-refractivity contribution in [3.63, 3.8) is 0 Å². The fraction of sp³-hybridized carbons (Fsp3) is 0.333. The minimum Gasteiger partial charge on any atom is -0.336 e. The lowest BCUT2D eigenvalue weighted by Gasteiger charge is -2.19. The summed E-state index contributed by atoms with van der Waals surface area (Å²) in [5, 5.41) is 1.19. The summed E-state index contributed by atoms with van der Waals surface area (Å²) in [4.78, 5) is 27.0. The van der Waals surface area contributed by atoms with Crippen LogP contribution in [0.4, 0.5) is 0 Å². The van der Waals surface area contributed by atoms with Gasteiger partial charge in [-0.15, -0.1) is 0 Å². The zero-order valence-electron chi connectivity index (χ0n) is 14.7. The number of fused-ring (bicyclic) bond motifs is 1. The number of hydrogen-bond acceptors (Lipinski definition) is 4. The predicted molar refractivity (Wildman–Crippen MR) is 101 cm³/mol. The highest BCUT2D eigenvalue weighted by Crippen LogP contribution is 2.24. The number of rotatable bonds is 3. The highest BCUT2D eigenvalue weighted by atomic mass is 16.2. The van der Waals surface area contributed by atoms with Crippen LogP contribution in [0.2, 0.25) is 0 Å². The van der Waals surface area contributed by atoms with Crippen LogP contribution in [0.3, 0.4) is 0 Å². The number of aromatic nitrogens is 3. The van der Waals surface area contributed by atoms with Gasteiger partial charge in [0, 0.05) is 37.1 Å². The van der Waals surface area contributed by atoms with Gasteiger partial charge in [0.25, 0.3) is 5.91 Å². The molecule has 132 valence electrons. The molecule has 2 aromatic heterocycles. The van der Waals surface area contributed by atoms with E-state index < -0.39 is 0 Å². The van der Waals surface area contributed by atoms with Gasteiger partial charge in [-0.2, -0.15) is 0 Å². The smallest absolute Gasteiger partial charge is 0.291 e. The van der Waals surface area contributed by atoms with Gasteiger partial charge in [-0.1, -0.05) is 12.1 Å². The Hall–Kier alpha value is -2.82. The zero-order chi connectivity index (χ0) is 17.8. The number of carbonyl (C=O) groups excluding carboxylic acids is 1. The first kappa shape index (κ1) is 16.6. The number of pyridine rings is 1. The van der Waals surface area contributed by atoms with Crippen LogP contribution in [0.5, 0.6) is 0 Å². The molecule has 1 saturated heterocycles. The van der Waals surface area contributed by atoms with Crippen LogP contribution in [-0.2, 0) is 6.42 Å². The molecule has 0 radical (unpaired) electrons. The van der Waals surface area contributed by atoms with E-state index in [4.69, 9.17) is 0 Å². The molecule has 5 nitrogen and oxygen atoms in total. The molecule has 3 heterocycles. The second-order valence-electron chi connectivity index (χ2n) is 6.90. The van der Waals surface area contributed by atoms with Gasteiger partial charge in [-0.25, -0.2) is 9.97 Å². The van der Waals surface area contributed by atoms with Crippen LogP contribution in [0, 0.1) is 5.92 Å². The van der Waals surface area contributed by atoms with Crippen molar-refractivity contribution in [3.8, 4) is 0 Å². The summed E-state index contributed by atoms with van der Waals surface area (Å²) in [6.07, 6.45) is 9.31. The standard InChI is InChI=1S/C21H22N4O/c26-21(20-23-10-3-11-24-20)25-12-2-4-16(8-13-25)14-17-6-7-19-18(15-17)5-1-9-22-19/h1,3,5-7,9-11,15-16H,2,4,8,12-14H2. The van der Waals surface area contributed by atoms with E-state index in [0.29, 0.717) is 11.7 Å². The SMILES string of the molecule is O=C(c1ncccn1)N1CCCC(Cc2ccc3ncccc3c2)CC1. The largest absolute Gasteiger partial charge is 0.336 e. The average molecular weight is 346 g/mol. The number of amides is 1. The van der Waals surface area contributed by atoms with E-state index in [9.17, 15) is 4.79 Å². The van der Waals surface area contributed by atoms with E-state index in [1.807, 2.05) is 17.2 Å². The highest BCUT2D eigenvalue weighted by Gasteiger charge is 2.23. The summed E-state index contributed by atoms with van der Waals surface area (Å²) >= 11 is 0. The van der Waals surface area contributed by atoms with Gasteiger partial charge in [0.2, 0.25) is 5.82 Å². The van der Waals surface area contributed by atoms with Crippen LogP contribution in [-0.4, -0.2) is 38.8 Å². The Morgan fingerprint density at radius 3 is 2.73 bits per heavy atom. The lowest BCUT2D eigenvalue weighted by atomic mass is 9.92. The molecule has 0 saturated carbocycles. The third kappa shape index (κ3) is 3.72. The molecule has 4 rings (SSSR count). The first-order valence-corrected chi connectivity index (χ1v) is 9.19. The minimum atomic E-state index is -0.0528. The highest BCUT2D eigenvalue weighted by molar-refractivity contribution is 5.90. The van der Waals surface area contributed by atoms with Gasteiger partial charge < -0.3 is 4.90 Å². The Labute approximate surface area is 153 Å². The number of benzene rings is 1. The zero-order valence-corrected chi connectivity index (χ0v) is 14.7. The van der Waals surface area contributed by atoms with E-state index in [0.717, 1.165) is 44.3 Å². The van der Waals surface area contributed by atoms with E-state index in [-0.39, 0.29) is 5.91 Å². The normalized spacial score (nSPS) is 17.8. The number of nitrogens with zero attached hydrogens (tertiary/aromatic N) is 4. The summed E-state index contributed by atoms with van der Waals surface area (Å²) in [5.74, 6) is 0.842. The quantitative estimate of drug-likeness (QED) is 0.728. The Morgan fingerprint density at radius 1 is 1.00 bits per heavy atom. The second kappa shape index (κ2) is 7.60. The topological polar surface area (TPSA) is 59.0 Å². The molecular formula is C21H22N4O. The molecule has 3 aromatic rings. The summed E-state index contributed by atoms with van der Waals surface area (Å²) < 4.78 is 0. The molecule has 0 aliphatic carbocycles. The molecule has 26 heavy (non-hydrogen) atoms. The average Bonchev–Trinajstić information content (AvgIpc) is 2.93. The molecule has 1 aliphatic heterocycles. The third-order valence-corrected chi connectivity index (χ3v) is 5.08. The van der Waals surface area contributed by atoms with E-state index in [2.05, 4.69) is 39.2 Å². The maximum absolute atomic E-state index is 12.6. The van der Waals surface area contributed by atoms with E-state index in [1.165, 1.54) is 10.9 Å². The molecule has 1 unspecified atom stereocenters. The van der Waals surface area contributed by atoms with E-state index >= 15 is 0 Å². The molecule has 1 amide bonds.